The minimum atomic E-state index is -4.42. The summed E-state index contributed by atoms with van der Waals surface area (Å²) >= 11 is 5.68. The van der Waals surface area contributed by atoms with E-state index in [1.807, 2.05) is 0 Å². The molecule has 82 valence electrons. The van der Waals surface area contributed by atoms with E-state index >= 15 is 0 Å². The van der Waals surface area contributed by atoms with Crippen LogP contribution in [-0.2, 0) is 6.18 Å². The van der Waals surface area contributed by atoms with Gasteiger partial charge in [0.2, 0.25) is 0 Å². The van der Waals surface area contributed by atoms with E-state index in [0.717, 1.165) is 18.9 Å². The van der Waals surface area contributed by atoms with E-state index < -0.39 is 11.7 Å². The minimum absolute atomic E-state index is 0.0109. The molecule has 1 aromatic rings. The Bertz CT molecular complexity index is 371. The van der Waals surface area contributed by atoms with Crippen molar-refractivity contribution in [1.82, 2.24) is 0 Å². The number of alkyl halides is 3. The minimum Gasteiger partial charge on any atom is -0.488 e. The number of rotatable bonds is 2. The van der Waals surface area contributed by atoms with Crippen molar-refractivity contribution in [2.24, 2.45) is 0 Å². The van der Waals surface area contributed by atoms with Gasteiger partial charge in [-0.25, -0.2) is 0 Å². The molecule has 0 radical (unpaired) electrons. The Labute approximate surface area is 89.8 Å². The Morgan fingerprint density at radius 3 is 2.47 bits per heavy atom. The lowest BCUT2D eigenvalue weighted by Gasteiger charge is -2.14. The first-order chi connectivity index (χ1) is 6.98. The SMILES string of the molecule is FC(F)(F)c1cccc(Cl)c1OC1CC1. The lowest BCUT2D eigenvalue weighted by Crippen LogP contribution is -2.09. The molecule has 0 unspecified atom stereocenters. The zero-order chi connectivity index (χ0) is 11.1. The fraction of sp³-hybridized carbons (Fsp3) is 0.400. The molecule has 0 heterocycles. The maximum absolute atomic E-state index is 12.6. The van der Waals surface area contributed by atoms with Gasteiger partial charge in [0, 0.05) is 0 Å². The molecule has 1 aliphatic carbocycles. The highest BCUT2D eigenvalue weighted by atomic mass is 35.5. The summed E-state index contributed by atoms with van der Waals surface area (Å²) in [6.07, 6.45) is -2.94. The van der Waals surface area contributed by atoms with Crippen LogP contribution >= 0.6 is 11.6 Å². The molecule has 0 bridgehead atoms. The van der Waals surface area contributed by atoms with Gasteiger partial charge in [-0.2, -0.15) is 13.2 Å². The van der Waals surface area contributed by atoms with Crippen molar-refractivity contribution in [2.45, 2.75) is 25.1 Å². The van der Waals surface area contributed by atoms with Crippen LogP contribution in [0, 0.1) is 0 Å². The van der Waals surface area contributed by atoms with Gasteiger partial charge in [0.05, 0.1) is 16.7 Å². The van der Waals surface area contributed by atoms with Crippen LogP contribution in [0.1, 0.15) is 18.4 Å². The number of halogens is 4. The van der Waals surface area contributed by atoms with Crippen LogP contribution in [0.4, 0.5) is 13.2 Å². The van der Waals surface area contributed by atoms with E-state index in [0.29, 0.717) is 0 Å². The summed E-state index contributed by atoms with van der Waals surface area (Å²) in [6.45, 7) is 0. The van der Waals surface area contributed by atoms with Gasteiger partial charge in [-0.15, -0.1) is 0 Å². The normalized spacial score (nSPS) is 16.5. The van der Waals surface area contributed by atoms with Crippen molar-refractivity contribution in [2.75, 3.05) is 0 Å². The van der Waals surface area contributed by atoms with Crippen molar-refractivity contribution in [3.8, 4) is 5.75 Å². The monoisotopic (exact) mass is 236 g/mol. The predicted octanol–water partition coefficient (Wildman–Crippen LogP) is 3.90. The number of hydrogen-bond acceptors (Lipinski definition) is 1. The lowest BCUT2D eigenvalue weighted by molar-refractivity contribution is -0.139. The molecule has 1 fully saturated rings. The summed E-state index contributed by atoms with van der Waals surface area (Å²) in [7, 11) is 0. The summed E-state index contributed by atoms with van der Waals surface area (Å²) in [5.74, 6) is -0.242. The van der Waals surface area contributed by atoms with Crippen LogP contribution in [0.25, 0.3) is 0 Å². The van der Waals surface area contributed by atoms with Gasteiger partial charge in [-0.05, 0) is 25.0 Å². The number of ether oxygens (including phenoxy) is 1. The fourth-order valence-corrected chi connectivity index (χ4v) is 1.42. The fourth-order valence-electron chi connectivity index (χ4n) is 1.20. The molecule has 5 heteroatoms. The van der Waals surface area contributed by atoms with Gasteiger partial charge in [0.1, 0.15) is 0 Å². The van der Waals surface area contributed by atoms with Crippen molar-refractivity contribution in [3.63, 3.8) is 0 Å². The summed E-state index contributed by atoms with van der Waals surface area (Å²) < 4.78 is 42.8. The van der Waals surface area contributed by atoms with Crippen LogP contribution in [0.3, 0.4) is 0 Å². The first kappa shape index (κ1) is 10.6. The van der Waals surface area contributed by atoms with Crippen LogP contribution < -0.4 is 4.74 Å². The highest BCUT2D eigenvalue weighted by Gasteiger charge is 2.37. The van der Waals surface area contributed by atoms with Gasteiger partial charge in [-0.3, -0.25) is 0 Å². The summed E-state index contributed by atoms with van der Waals surface area (Å²) in [5.41, 5.74) is -0.804. The molecule has 1 aromatic carbocycles. The largest absolute Gasteiger partial charge is 0.488 e. The molecule has 1 saturated carbocycles. The van der Waals surface area contributed by atoms with E-state index in [1.54, 1.807) is 0 Å². The zero-order valence-corrected chi connectivity index (χ0v) is 8.40. The van der Waals surface area contributed by atoms with E-state index in [1.165, 1.54) is 12.1 Å². The van der Waals surface area contributed by atoms with Crippen LogP contribution in [0.15, 0.2) is 18.2 Å². The second-order valence-corrected chi connectivity index (χ2v) is 3.84. The second-order valence-electron chi connectivity index (χ2n) is 3.43. The highest BCUT2D eigenvalue weighted by molar-refractivity contribution is 6.32. The Morgan fingerprint density at radius 1 is 1.27 bits per heavy atom. The van der Waals surface area contributed by atoms with Crippen LogP contribution in [0.5, 0.6) is 5.75 Å². The molecule has 0 aromatic heterocycles. The zero-order valence-electron chi connectivity index (χ0n) is 7.64. The smallest absolute Gasteiger partial charge is 0.420 e. The third-order valence-corrected chi connectivity index (χ3v) is 2.38. The van der Waals surface area contributed by atoms with Crippen LogP contribution in [0.2, 0.25) is 5.02 Å². The molecule has 0 saturated heterocycles. The Morgan fingerprint density at radius 2 is 1.93 bits per heavy atom. The molecule has 0 aliphatic heterocycles. The van der Waals surface area contributed by atoms with Crippen molar-refractivity contribution < 1.29 is 17.9 Å². The first-order valence-corrected chi connectivity index (χ1v) is 4.88. The molecule has 1 aliphatic rings. The maximum atomic E-state index is 12.6. The van der Waals surface area contributed by atoms with Gasteiger partial charge >= 0.3 is 6.18 Å². The van der Waals surface area contributed by atoms with Gasteiger partial charge in [0.15, 0.2) is 5.75 Å². The average molecular weight is 237 g/mol. The van der Waals surface area contributed by atoms with Crippen molar-refractivity contribution >= 4 is 11.6 Å². The van der Waals surface area contributed by atoms with Crippen LogP contribution in [-0.4, -0.2) is 6.10 Å². The standard InChI is InChI=1S/C10H8ClF3O/c11-8-3-1-2-7(10(12,13)14)9(8)15-6-4-5-6/h1-3,6H,4-5H2. The van der Waals surface area contributed by atoms with Gasteiger partial charge in [0.25, 0.3) is 0 Å². The lowest BCUT2D eigenvalue weighted by atomic mass is 10.2. The number of hydrogen-bond donors (Lipinski definition) is 0. The summed E-state index contributed by atoms with van der Waals surface area (Å²) in [6, 6.07) is 3.64. The maximum Gasteiger partial charge on any atom is 0.420 e. The van der Waals surface area contributed by atoms with Crippen molar-refractivity contribution in [1.29, 1.82) is 0 Å². The number of benzene rings is 1. The summed E-state index contributed by atoms with van der Waals surface area (Å²) in [5, 5.41) is 0.0109. The van der Waals surface area contributed by atoms with E-state index in [2.05, 4.69) is 0 Å². The summed E-state index contributed by atoms with van der Waals surface area (Å²) in [4.78, 5) is 0. The highest BCUT2D eigenvalue weighted by Crippen LogP contribution is 2.42. The molecule has 1 nitrogen and oxygen atoms in total. The molecular weight excluding hydrogens is 229 g/mol. The van der Waals surface area contributed by atoms with E-state index in [9.17, 15) is 13.2 Å². The molecule has 15 heavy (non-hydrogen) atoms. The second kappa shape index (κ2) is 3.59. The third-order valence-electron chi connectivity index (χ3n) is 2.08. The molecule has 2 rings (SSSR count). The first-order valence-electron chi connectivity index (χ1n) is 4.51. The molecule has 0 N–H and O–H groups in total. The van der Waals surface area contributed by atoms with Gasteiger partial charge in [-0.1, -0.05) is 17.7 Å². The number of para-hydroxylation sites is 1. The van der Waals surface area contributed by atoms with Crippen molar-refractivity contribution in [3.05, 3.63) is 28.8 Å². The third kappa shape index (κ3) is 2.37. The van der Waals surface area contributed by atoms with Gasteiger partial charge < -0.3 is 4.74 Å². The molecule has 0 atom stereocenters. The molecule has 0 amide bonds. The Kier molecular flexibility index (Phi) is 2.54. The predicted molar refractivity (Wildman–Crippen MR) is 50.1 cm³/mol. The molecular formula is C10H8ClF3O. The Balaban J connectivity index is 2.38. The Hall–Kier alpha value is -0.900. The molecule has 0 spiro atoms. The van der Waals surface area contributed by atoms with E-state index in [4.69, 9.17) is 16.3 Å². The average Bonchev–Trinajstić information content (AvgIpc) is 2.90. The topological polar surface area (TPSA) is 9.23 Å². The van der Waals surface area contributed by atoms with E-state index in [-0.39, 0.29) is 16.9 Å². The quantitative estimate of drug-likeness (QED) is 0.757.